The summed E-state index contributed by atoms with van der Waals surface area (Å²) in [5.74, 6) is 3.68. The summed E-state index contributed by atoms with van der Waals surface area (Å²) >= 11 is 12.2. The fourth-order valence-electron chi connectivity index (χ4n) is 7.03. The maximum atomic E-state index is 6.39. The number of thiocarbonyl (C=S) groups is 1. The number of hydrogen-bond acceptors (Lipinski definition) is 7. The lowest BCUT2D eigenvalue weighted by molar-refractivity contribution is 0.0515. The largest absolute Gasteiger partial charge is 0.381 e. The third-order valence-electron chi connectivity index (χ3n) is 9.32. The Balaban J connectivity index is 1.19. The third-order valence-corrected chi connectivity index (χ3v) is 9.80. The molecule has 3 saturated heterocycles. The van der Waals surface area contributed by atoms with Crippen molar-refractivity contribution in [2.45, 2.75) is 38.5 Å². The number of rotatable bonds is 7. The van der Waals surface area contributed by atoms with Crippen LogP contribution in [-0.4, -0.2) is 74.1 Å². The Morgan fingerprint density at radius 1 is 0.886 bits per heavy atom. The van der Waals surface area contributed by atoms with E-state index < -0.39 is 0 Å². The molecule has 10 heteroatoms. The number of anilines is 4. The molecule has 44 heavy (non-hydrogen) atoms. The number of piperazine rings is 1. The topological polar surface area (TPSA) is 68.8 Å². The second-order valence-electron chi connectivity index (χ2n) is 12.8. The van der Waals surface area contributed by atoms with Crippen LogP contribution in [0.25, 0.3) is 0 Å². The minimum atomic E-state index is -0.110. The second-order valence-corrected chi connectivity index (χ2v) is 13.6. The molecule has 3 aliphatic heterocycles. The highest BCUT2D eigenvalue weighted by Crippen LogP contribution is 2.35. The average Bonchev–Trinajstić information content (AvgIpc) is 3.04. The summed E-state index contributed by atoms with van der Waals surface area (Å²) in [7, 11) is 0. The number of piperidine rings is 1. The lowest BCUT2D eigenvalue weighted by Gasteiger charge is -2.39. The molecule has 2 aromatic carbocycles. The van der Waals surface area contributed by atoms with Gasteiger partial charge in [0.1, 0.15) is 11.6 Å². The van der Waals surface area contributed by atoms with Crippen LogP contribution in [0.5, 0.6) is 0 Å². The molecule has 1 aromatic heterocycles. The molecule has 0 unspecified atom stereocenters. The van der Waals surface area contributed by atoms with Crippen molar-refractivity contribution < 1.29 is 4.74 Å². The monoisotopic (exact) mass is 633 g/mol. The van der Waals surface area contributed by atoms with Gasteiger partial charge in [0.05, 0.1) is 0 Å². The number of benzene rings is 2. The third kappa shape index (κ3) is 7.38. The predicted octanol–water partition coefficient (Wildman–Crippen LogP) is 5.97. The Hall–Kier alpha value is -3.14. The lowest BCUT2D eigenvalue weighted by atomic mass is 9.74. The molecule has 3 fully saturated rings. The van der Waals surface area contributed by atoms with Gasteiger partial charge in [-0.05, 0) is 73.1 Å². The van der Waals surface area contributed by atoms with Gasteiger partial charge in [0.25, 0.3) is 0 Å². The molecule has 0 aliphatic carbocycles. The van der Waals surface area contributed by atoms with E-state index in [4.69, 9.17) is 38.5 Å². The van der Waals surface area contributed by atoms with E-state index in [2.05, 4.69) is 87.7 Å². The first-order valence-corrected chi connectivity index (χ1v) is 16.7. The Kier molecular flexibility index (Phi) is 9.74. The van der Waals surface area contributed by atoms with Gasteiger partial charge in [0, 0.05) is 81.2 Å². The van der Waals surface area contributed by atoms with Crippen molar-refractivity contribution in [2.24, 2.45) is 11.8 Å². The van der Waals surface area contributed by atoms with E-state index in [0.29, 0.717) is 42.7 Å². The number of hydrogen-bond donors (Lipinski definition) is 2. The summed E-state index contributed by atoms with van der Waals surface area (Å²) in [6.45, 7) is 12.4. The van der Waals surface area contributed by atoms with Gasteiger partial charge in [0.15, 0.2) is 5.11 Å². The molecule has 2 N–H and O–H groups in total. The van der Waals surface area contributed by atoms with Crippen LogP contribution in [0.3, 0.4) is 0 Å². The summed E-state index contributed by atoms with van der Waals surface area (Å²) in [5.41, 5.74) is 2.37. The van der Waals surface area contributed by atoms with Crippen LogP contribution >= 0.6 is 23.8 Å². The number of nitrogens with one attached hydrogen (secondary N) is 2. The zero-order valence-electron chi connectivity index (χ0n) is 25.8. The van der Waals surface area contributed by atoms with Gasteiger partial charge in [-0.25, -0.2) is 0 Å². The predicted molar refractivity (Wildman–Crippen MR) is 185 cm³/mol. The zero-order valence-corrected chi connectivity index (χ0v) is 27.4. The molecule has 0 spiro atoms. The quantitative estimate of drug-likeness (QED) is 0.306. The van der Waals surface area contributed by atoms with Crippen LogP contribution < -0.4 is 25.3 Å². The summed E-state index contributed by atoms with van der Waals surface area (Å²) in [6, 6.07) is 21.0. The molecule has 0 amide bonds. The van der Waals surface area contributed by atoms with Crippen LogP contribution in [0.2, 0.25) is 5.02 Å². The first kappa shape index (κ1) is 30.9. The molecule has 234 valence electrons. The van der Waals surface area contributed by atoms with E-state index in [-0.39, 0.29) is 5.41 Å². The van der Waals surface area contributed by atoms with Crippen molar-refractivity contribution in [3.8, 4) is 0 Å². The van der Waals surface area contributed by atoms with Crippen LogP contribution in [0.1, 0.15) is 38.7 Å². The van der Waals surface area contributed by atoms with Gasteiger partial charge in [-0.15, -0.1) is 0 Å². The van der Waals surface area contributed by atoms with Gasteiger partial charge in [0.2, 0.25) is 5.95 Å². The number of aromatic nitrogens is 2. The Morgan fingerprint density at radius 2 is 1.55 bits per heavy atom. The fourth-order valence-corrected chi connectivity index (χ4v) is 7.38. The van der Waals surface area contributed by atoms with Crippen molar-refractivity contribution in [1.82, 2.24) is 15.3 Å². The molecule has 0 radical (unpaired) electrons. The summed E-state index contributed by atoms with van der Waals surface area (Å²) in [5, 5.41) is 8.13. The number of halogens is 1. The highest BCUT2D eigenvalue weighted by Gasteiger charge is 2.35. The van der Waals surface area contributed by atoms with Crippen LogP contribution in [0, 0.1) is 11.8 Å². The van der Waals surface area contributed by atoms with Gasteiger partial charge in [-0.2, -0.15) is 9.97 Å². The molecule has 6 rings (SSSR count). The van der Waals surface area contributed by atoms with Crippen molar-refractivity contribution in [1.29, 1.82) is 0 Å². The summed E-state index contributed by atoms with van der Waals surface area (Å²) < 4.78 is 5.73. The van der Waals surface area contributed by atoms with Crippen LogP contribution in [0.15, 0.2) is 60.7 Å². The van der Waals surface area contributed by atoms with Crippen LogP contribution in [-0.2, 0) is 10.2 Å². The molecule has 3 aliphatic rings. The smallest absolute Gasteiger partial charge is 0.232 e. The summed E-state index contributed by atoms with van der Waals surface area (Å²) in [6.07, 6.45) is 3.05. The molecule has 0 bridgehead atoms. The molecule has 3 aromatic rings. The van der Waals surface area contributed by atoms with Gasteiger partial charge in [-0.3, -0.25) is 0 Å². The van der Waals surface area contributed by atoms with E-state index in [1.165, 1.54) is 17.7 Å². The molecular weight excluding hydrogens is 590 g/mol. The zero-order chi connectivity index (χ0) is 30.5. The van der Waals surface area contributed by atoms with Crippen molar-refractivity contribution in [3.05, 3.63) is 71.2 Å². The molecule has 4 heterocycles. The molecule has 2 atom stereocenters. The highest BCUT2D eigenvalue weighted by atomic mass is 35.5. The first-order valence-electron chi connectivity index (χ1n) is 15.9. The number of ether oxygens (including phenoxy) is 1. The second kappa shape index (κ2) is 13.9. The average molecular weight is 634 g/mol. The molecule has 8 nitrogen and oxygen atoms in total. The first-order chi connectivity index (χ1) is 21.4. The molecule has 0 saturated carbocycles. The standard InChI is InChI=1S/C34H44ClN7OS/c1-25-19-26(2)23-42(22-25)31-21-30(41-15-13-40(14-16-41)29-9-4-3-5-10-29)37-32(38-31)39-33(44)36-24-34(11-17-43-18-12-34)27-7-6-8-28(35)20-27/h3-10,20-21,25-26H,11-19,22-24H2,1-2H3,(H2,36,37,38,39,44)/t25-,26-/m0/s1. The van der Waals surface area contributed by atoms with E-state index in [1.807, 2.05) is 12.1 Å². The van der Waals surface area contributed by atoms with E-state index >= 15 is 0 Å². The Labute approximate surface area is 272 Å². The van der Waals surface area contributed by atoms with Gasteiger partial charge < -0.3 is 30.1 Å². The number of nitrogens with zero attached hydrogens (tertiary/aromatic N) is 5. The van der Waals surface area contributed by atoms with E-state index in [9.17, 15) is 0 Å². The van der Waals surface area contributed by atoms with E-state index in [0.717, 1.165) is 68.8 Å². The minimum Gasteiger partial charge on any atom is -0.381 e. The van der Waals surface area contributed by atoms with Crippen LogP contribution in [0.4, 0.5) is 23.3 Å². The Bertz CT molecular complexity index is 1400. The molecular formula is C34H44ClN7OS. The van der Waals surface area contributed by atoms with Crippen molar-refractivity contribution in [2.75, 3.05) is 79.0 Å². The summed E-state index contributed by atoms with van der Waals surface area (Å²) in [4.78, 5) is 17.2. The maximum absolute atomic E-state index is 6.39. The SMILES string of the molecule is C[C@H]1C[C@H](C)CN(c2cc(N3CCN(c4ccccc4)CC3)nc(NC(=S)NCC3(c4cccc(Cl)c4)CCOCC3)n2)C1. The fraction of sp³-hybridized carbons (Fsp3) is 0.500. The van der Waals surface area contributed by atoms with Crippen molar-refractivity contribution >= 4 is 52.2 Å². The number of para-hydroxylation sites is 1. The highest BCUT2D eigenvalue weighted by molar-refractivity contribution is 7.80. The Morgan fingerprint density at radius 3 is 2.23 bits per heavy atom. The normalized spacial score (nSPS) is 22.0. The van der Waals surface area contributed by atoms with Gasteiger partial charge in [-0.1, -0.05) is 55.8 Å². The maximum Gasteiger partial charge on any atom is 0.232 e. The minimum absolute atomic E-state index is 0.110. The van der Waals surface area contributed by atoms with Gasteiger partial charge >= 0.3 is 0 Å². The lowest BCUT2D eigenvalue weighted by Crippen LogP contribution is -2.47. The van der Waals surface area contributed by atoms with Crippen molar-refractivity contribution in [3.63, 3.8) is 0 Å². The van der Waals surface area contributed by atoms with E-state index in [1.54, 1.807) is 0 Å².